The van der Waals surface area contributed by atoms with Crippen LogP contribution in [0, 0.1) is 13.8 Å². The Balaban J connectivity index is 1.40. The van der Waals surface area contributed by atoms with Crippen LogP contribution in [0.4, 0.5) is 0 Å². The number of ether oxygens (including phenoxy) is 1. The second kappa shape index (κ2) is 8.46. The molecule has 148 valence electrons. The lowest BCUT2D eigenvalue weighted by molar-refractivity contribution is 0.0928. The highest BCUT2D eigenvalue weighted by Gasteiger charge is 2.23. The molecule has 1 saturated heterocycles. The molecule has 3 heterocycles. The van der Waals surface area contributed by atoms with Gasteiger partial charge >= 0.3 is 0 Å². The van der Waals surface area contributed by atoms with Gasteiger partial charge in [-0.25, -0.2) is 0 Å². The summed E-state index contributed by atoms with van der Waals surface area (Å²) in [5.74, 6) is 0.225. The van der Waals surface area contributed by atoms with Crippen LogP contribution in [0.15, 0.2) is 42.5 Å². The summed E-state index contributed by atoms with van der Waals surface area (Å²) < 4.78 is 8.04. The minimum Gasteiger partial charge on any atom is -0.376 e. The first-order valence-electron chi connectivity index (χ1n) is 10.4. The quantitative estimate of drug-likeness (QED) is 0.705. The van der Waals surface area contributed by atoms with Crippen molar-refractivity contribution in [3.05, 3.63) is 65.0 Å². The van der Waals surface area contributed by atoms with Gasteiger partial charge in [0.05, 0.1) is 12.6 Å². The van der Waals surface area contributed by atoms with Crippen LogP contribution in [0.25, 0.3) is 5.57 Å². The Morgan fingerprint density at radius 3 is 2.71 bits per heavy atom. The molecular formula is C24H30N2O2. The largest absolute Gasteiger partial charge is 0.376 e. The highest BCUT2D eigenvalue weighted by Crippen LogP contribution is 2.24. The van der Waals surface area contributed by atoms with Crippen molar-refractivity contribution in [3.8, 4) is 0 Å². The van der Waals surface area contributed by atoms with Gasteiger partial charge in [0.15, 0.2) is 5.78 Å². The summed E-state index contributed by atoms with van der Waals surface area (Å²) in [7, 11) is 0. The predicted molar refractivity (Wildman–Crippen MR) is 113 cm³/mol. The molecule has 4 nitrogen and oxygen atoms in total. The van der Waals surface area contributed by atoms with Crippen LogP contribution in [0.3, 0.4) is 0 Å². The fourth-order valence-electron chi connectivity index (χ4n) is 4.41. The van der Waals surface area contributed by atoms with Gasteiger partial charge in [-0.05, 0) is 50.3 Å². The van der Waals surface area contributed by atoms with Crippen molar-refractivity contribution in [1.82, 2.24) is 9.47 Å². The predicted octanol–water partition coefficient (Wildman–Crippen LogP) is 4.26. The molecule has 1 aromatic heterocycles. The van der Waals surface area contributed by atoms with Crippen LogP contribution < -0.4 is 0 Å². The summed E-state index contributed by atoms with van der Waals surface area (Å²) >= 11 is 0. The van der Waals surface area contributed by atoms with E-state index in [0.717, 1.165) is 62.5 Å². The van der Waals surface area contributed by atoms with E-state index < -0.39 is 0 Å². The number of ketones is 1. The number of hydrogen-bond acceptors (Lipinski definition) is 3. The summed E-state index contributed by atoms with van der Waals surface area (Å²) in [6.45, 7) is 8.14. The van der Waals surface area contributed by atoms with Gasteiger partial charge in [-0.15, -0.1) is 0 Å². The van der Waals surface area contributed by atoms with Crippen molar-refractivity contribution < 1.29 is 9.53 Å². The lowest BCUT2D eigenvalue weighted by Gasteiger charge is -2.25. The topological polar surface area (TPSA) is 34.5 Å². The van der Waals surface area contributed by atoms with Crippen molar-refractivity contribution in [1.29, 1.82) is 0 Å². The Morgan fingerprint density at radius 2 is 2.04 bits per heavy atom. The van der Waals surface area contributed by atoms with E-state index in [-0.39, 0.29) is 11.9 Å². The molecule has 0 spiro atoms. The average Bonchev–Trinajstić information content (AvgIpc) is 3.33. The fraction of sp³-hybridized carbons (Fsp3) is 0.458. The molecule has 0 amide bonds. The molecule has 2 aliphatic heterocycles. The molecule has 28 heavy (non-hydrogen) atoms. The minimum atomic E-state index is 0.225. The lowest BCUT2D eigenvalue weighted by atomic mass is 9.99. The number of rotatable bonds is 6. The van der Waals surface area contributed by atoms with E-state index >= 15 is 0 Å². The molecule has 4 rings (SSSR count). The van der Waals surface area contributed by atoms with Gasteiger partial charge in [0, 0.05) is 43.2 Å². The van der Waals surface area contributed by atoms with E-state index in [1.54, 1.807) is 0 Å². The lowest BCUT2D eigenvalue weighted by Crippen LogP contribution is -2.33. The molecule has 0 aliphatic carbocycles. The molecule has 4 heteroatoms. The Hall–Kier alpha value is -2.17. The Labute approximate surface area is 167 Å². The molecule has 0 N–H and O–H groups in total. The van der Waals surface area contributed by atoms with E-state index in [0.29, 0.717) is 6.54 Å². The molecule has 2 aliphatic rings. The summed E-state index contributed by atoms with van der Waals surface area (Å²) in [6, 6.07) is 12.6. The minimum absolute atomic E-state index is 0.225. The number of aryl methyl sites for hydroxylation is 1. The first-order chi connectivity index (χ1) is 13.6. The number of hydrogen-bond donors (Lipinski definition) is 0. The number of carbonyl (C=O) groups excluding carboxylic acids is 1. The van der Waals surface area contributed by atoms with Gasteiger partial charge in [-0.1, -0.05) is 36.4 Å². The molecule has 0 radical (unpaired) electrons. The Kier molecular flexibility index (Phi) is 5.79. The average molecular weight is 379 g/mol. The molecule has 0 unspecified atom stereocenters. The van der Waals surface area contributed by atoms with Gasteiger partial charge in [0.25, 0.3) is 0 Å². The van der Waals surface area contributed by atoms with E-state index in [2.05, 4.69) is 59.7 Å². The second-order valence-electron chi connectivity index (χ2n) is 8.03. The molecule has 1 atom stereocenters. The van der Waals surface area contributed by atoms with Crippen LogP contribution in [0.2, 0.25) is 0 Å². The van der Waals surface area contributed by atoms with Crippen LogP contribution >= 0.6 is 0 Å². The van der Waals surface area contributed by atoms with Crippen LogP contribution in [0.5, 0.6) is 0 Å². The number of aromatic nitrogens is 1. The van der Waals surface area contributed by atoms with Gasteiger partial charge in [-0.2, -0.15) is 0 Å². The molecule has 0 saturated carbocycles. The summed E-state index contributed by atoms with van der Waals surface area (Å²) in [6.07, 6.45) is 5.81. The smallest absolute Gasteiger partial charge is 0.178 e. The van der Waals surface area contributed by atoms with Gasteiger partial charge in [-0.3, -0.25) is 9.69 Å². The third kappa shape index (κ3) is 4.13. The summed E-state index contributed by atoms with van der Waals surface area (Å²) in [5.41, 5.74) is 5.79. The third-order valence-electron chi connectivity index (χ3n) is 6.09. The highest BCUT2D eigenvalue weighted by atomic mass is 16.5. The van der Waals surface area contributed by atoms with E-state index in [9.17, 15) is 4.79 Å². The highest BCUT2D eigenvalue weighted by molar-refractivity contribution is 5.99. The van der Waals surface area contributed by atoms with Crippen LogP contribution in [0.1, 0.15) is 46.6 Å². The fourth-order valence-corrected chi connectivity index (χ4v) is 4.41. The van der Waals surface area contributed by atoms with Crippen LogP contribution in [-0.4, -0.2) is 47.6 Å². The number of nitrogens with zero attached hydrogens (tertiary/aromatic N) is 2. The third-order valence-corrected chi connectivity index (χ3v) is 6.09. The molecular weight excluding hydrogens is 348 g/mol. The normalized spacial score (nSPS) is 20.4. The van der Waals surface area contributed by atoms with Gasteiger partial charge < -0.3 is 9.30 Å². The molecule has 2 aromatic rings. The van der Waals surface area contributed by atoms with Crippen LogP contribution in [-0.2, 0) is 11.3 Å². The van der Waals surface area contributed by atoms with E-state index in [1.807, 2.05) is 6.07 Å². The zero-order valence-electron chi connectivity index (χ0n) is 17.0. The number of Topliss-reactive ketones (excluding diaryl/α,β-unsaturated/α-hetero) is 1. The van der Waals surface area contributed by atoms with Gasteiger partial charge in [0.1, 0.15) is 0 Å². The van der Waals surface area contributed by atoms with Crippen molar-refractivity contribution in [2.45, 2.75) is 45.8 Å². The maximum Gasteiger partial charge on any atom is 0.178 e. The standard InChI is InChI=1S/C24H30N2O2/c1-18-15-23(19(2)26(18)16-22-9-6-14-28-22)24(27)17-25-12-10-21(11-13-25)20-7-4-3-5-8-20/h3-5,7-8,10,15,22H,6,9,11-14,16-17H2,1-2H3/t22-/m0/s1. The van der Waals surface area contributed by atoms with E-state index in [4.69, 9.17) is 4.74 Å². The molecule has 0 bridgehead atoms. The Morgan fingerprint density at radius 1 is 1.21 bits per heavy atom. The second-order valence-corrected chi connectivity index (χ2v) is 8.03. The Bertz CT molecular complexity index is 860. The van der Waals surface area contributed by atoms with Crippen molar-refractivity contribution in [2.24, 2.45) is 0 Å². The van der Waals surface area contributed by atoms with Gasteiger partial charge in [0.2, 0.25) is 0 Å². The zero-order valence-corrected chi connectivity index (χ0v) is 17.0. The summed E-state index contributed by atoms with van der Waals surface area (Å²) in [4.78, 5) is 15.2. The maximum absolute atomic E-state index is 13.0. The SMILES string of the molecule is Cc1cc(C(=O)CN2CC=C(c3ccccc3)CC2)c(C)n1C[C@@H]1CCCO1. The first-order valence-corrected chi connectivity index (χ1v) is 10.4. The van der Waals surface area contributed by atoms with Crippen molar-refractivity contribution in [2.75, 3.05) is 26.2 Å². The molecule has 1 aromatic carbocycles. The van der Waals surface area contributed by atoms with Crippen molar-refractivity contribution in [3.63, 3.8) is 0 Å². The number of carbonyl (C=O) groups is 1. The first kappa shape index (κ1) is 19.2. The molecule has 1 fully saturated rings. The van der Waals surface area contributed by atoms with Crippen molar-refractivity contribution >= 4 is 11.4 Å². The zero-order chi connectivity index (χ0) is 19.5. The monoisotopic (exact) mass is 378 g/mol. The maximum atomic E-state index is 13.0. The summed E-state index contributed by atoms with van der Waals surface area (Å²) in [5, 5.41) is 0. The van der Waals surface area contributed by atoms with E-state index in [1.165, 1.54) is 11.1 Å². The number of benzene rings is 1.